The normalized spacial score (nSPS) is 11.8. The summed E-state index contributed by atoms with van der Waals surface area (Å²) in [5, 5.41) is 0. The summed E-state index contributed by atoms with van der Waals surface area (Å²) in [6.45, 7) is 15.8. The number of aryl methyl sites for hydroxylation is 1. The Morgan fingerprint density at radius 3 is 1.72 bits per heavy atom. The highest BCUT2D eigenvalue weighted by Gasteiger charge is 2.19. The van der Waals surface area contributed by atoms with Crippen LogP contribution in [0.1, 0.15) is 61.9 Å². The first-order valence-corrected chi connectivity index (χ1v) is 18.9. The summed E-state index contributed by atoms with van der Waals surface area (Å²) in [6.07, 6.45) is 7.03. The van der Waals surface area contributed by atoms with Crippen LogP contribution in [-0.4, -0.2) is 0 Å². The molecule has 6 rings (SSSR count). The lowest BCUT2D eigenvalue weighted by molar-refractivity contribution is 0.830. The lowest BCUT2D eigenvalue weighted by atomic mass is 9.87. The highest BCUT2D eigenvalue weighted by Crippen LogP contribution is 2.39. The summed E-state index contributed by atoms with van der Waals surface area (Å²) in [4.78, 5) is 4.64. The molecule has 0 bridgehead atoms. The predicted molar refractivity (Wildman–Crippen MR) is 230 cm³/mol. The molecule has 53 heavy (non-hydrogen) atoms. The topological polar surface area (TPSA) is 6.48 Å². The third-order valence-corrected chi connectivity index (χ3v) is 9.83. The zero-order chi connectivity index (χ0) is 37.2. The molecule has 0 aliphatic rings. The van der Waals surface area contributed by atoms with Crippen LogP contribution in [0.4, 0.5) is 28.4 Å². The van der Waals surface area contributed by atoms with Gasteiger partial charge in [-0.05, 0) is 139 Å². The van der Waals surface area contributed by atoms with Crippen molar-refractivity contribution in [1.82, 2.24) is 0 Å². The van der Waals surface area contributed by atoms with Gasteiger partial charge < -0.3 is 9.80 Å². The second-order valence-electron chi connectivity index (χ2n) is 14.2. The number of nitrogens with zero attached hydrogens (tertiary/aromatic N) is 2. The van der Waals surface area contributed by atoms with E-state index in [1.807, 2.05) is 0 Å². The molecule has 0 unspecified atom stereocenters. The van der Waals surface area contributed by atoms with Crippen LogP contribution in [0.5, 0.6) is 0 Å². The molecule has 0 aliphatic heterocycles. The second-order valence-corrected chi connectivity index (χ2v) is 14.2. The first kappa shape index (κ1) is 36.9. The first-order chi connectivity index (χ1) is 25.8. The van der Waals surface area contributed by atoms with Crippen molar-refractivity contribution in [2.75, 3.05) is 9.80 Å². The highest BCUT2D eigenvalue weighted by atomic mass is 15.1. The maximum Gasteiger partial charge on any atom is 0.0464 e. The number of anilines is 5. The van der Waals surface area contributed by atoms with Crippen LogP contribution in [0.2, 0.25) is 0 Å². The van der Waals surface area contributed by atoms with Gasteiger partial charge in [0.05, 0.1) is 0 Å². The van der Waals surface area contributed by atoms with Crippen LogP contribution in [0.15, 0.2) is 188 Å². The van der Waals surface area contributed by atoms with E-state index in [0.717, 1.165) is 53.4 Å². The van der Waals surface area contributed by atoms with Gasteiger partial charge in [-0.3, -0.25) is 0 Å². The first-order valence-electron chi connectivity index (χ1n) is 18.9. The number of rotatable bonds is 14. The fraction of sp³-hybridized carbons (Fsp3) is 0.176. The number of para-hydroxylation sites is 3. The van der Waals surface area contributed by atoms with Gasteiger partial charge in [0.1, 0.15) is 0 Å². The molecule has 6 aromatic carbocycles. The molecule has 6 aromatic rings. The van der Waals surface area contributed by atoms with Crippen molar-refractivity contribution in [3.05, 3.63) is 216 Å². The standard InChI is InChI=1S/C51H52N2/c1-7-50(40(5)34-42-20-12-8-13-21-42)51-33-32-49(53(46-24-16-10-17-25-46)47-26-18-11-19-27-47)37-44(51)35-43-36-48(31-29-39(43)4)52(41(6)30-28-38(2)3)45-22-14-9-15-23-45/h8-33,36-38H,6-7,34-35H2,1-5H3/b30-28-,50-40-. The van der Waals surface area contributed by atoms with Gasteiger partial charge in [-0.1, -0.05) is 136 Å². The number of benzene rings is 6. The lowest BCUT2D eigenvalue weighted by Crippen LogP contribution is -2.15. The van der Waals surface area contributed by atoms with Gasteiger partial charge in [0, 0.05) is 34.1 Å². The van der Waals surface area contributed by atoms with E-state index in [-0.39, 0.29) is 0 Å². The van der Waals surface area contributed by atoms with E-state index in [4.69, 9.17) is 0 Å². The molecule has 0 atom stereocenters. The van der Waals surface area contributed by atoms with Gasteiger partial charge in [0.15, 0.2) is 0 Å². The number of hydrogen-bond acceptors (Lipinski definition) is 2. The van der Waals surface area contributed by atoms with Gasteiger partial charge in [0.2, 0.25) is 0 Å². The van der Waals surface area contributed by atoms with Crippen molar-refractivity contribution in [3.8, 4) is 0 Å². The largest absolute Gasteiger partial charge is 0.311 e. The van der Waals surface area contributed by atoms with E-state index < -0.39 is 0 Å². The van der Waals surface area contributed by atoms with Gasteiger partial charge in [0.25, 0.3) is 0 Å². The summed E-state index contributed by atoms with van der Waals surface area (Å²) in [6, 6.07) is 56.7. The van der Waals surface area contributed by atoms with E-state index in [9.17, 15) is 0 Å². The molecule has 0 fully saturated rings. The maximum absolute atomic E-state index is 4.53. The van der Waals surface area contributed by atoms with Crippen LogP contribution in [0, 0.1) is 12.8 Å². The average molecular weight is 693 g/mol. The Balaban J connectivity index is 1.50. The second kappa shape index (κ2) is 17.6. The summed E-state index contributed by atoms with van der Waals surface area (Å²) >= 11 is 0. The zero-order valence-corrected chi connectivity index (χ0v) is 32.0. The van der Waals surface area contributed by atoms with Gasteiger partial charge in [-0.25, -0.2) is 0 Å². The monoisotopic (exact) mass is 692 g/mol. The van der Waals surface area contributed by atoms with Crippen molar-refractivity contribution >= 4 is 34.0 Å². The highest BCUT2D eigenvalue weighted by molar-refractivity contribution is 5.80. The van der Waals surface area contributed by atoms with Crippen LogP contribution in [0.3, 0.4) is 0 Å². The maximum atomic E-state index is 4.53. The molecule has 0 aliphatic carbocycles. The van der Waals surface area contributed by atoms with E-state index in [1.54, 1.807) is 0 Å². The van der Waals surface area contributed by atoms with Crippen molar-refractivity contribution in [3.63, 3.8) is 0 Å². The molecular formula is C51H52N2. The fourth-order valence-corrected chi connectivity index (χ4v) is 7.12. The van der Waals surface area contributed by atoms with Crippen molar-refractivity contribution in [2.24, 2.45) is 5.92 Å². The Kier molecular flexibility index (Phi) is 12.2. The Labute approximate surface area is 318 Å². The third kappa shape index (κ3) is 9.15. The molecule has 0 saturated heterocycles. The molecule has 0 heterocycles. The van der Waals surface area contributed by atoms with Crippen LogP contribution < -0.4 is 9.80 Å². The molecule has 0 aromatic heterocycles. The fourth-order valence-electron chi connectivity index (χ4n) is 7.12. The van der Waals surface area contributed by atoms with Crippen LogP contribution >= 0.6 is 0 Å². The Morgan fingerprint density at radius 1 is 0.623 bits per heavy atom. The predicted octanol–water partition coefficient (Wildman–Crippen LogP) is 14.3. The van der Waals surface area contributed by atoms with E-state index >= 15 is 0 Å². The molecule has 0 amide bonds. The van der Waals surface area contributed by atoms with Gasteiger partial charge in [-0.15, -0.1) is 0 Å². The summed E-state index contributed by atoms with van der Waals surface area (Å²) in [5.74, 6) is 0.432. The molecule has 2 heteroatoms. The van der Waals surface area contributed by atoms with E-state index in [1.165, 1.54) is 39.0 Å². The minimum Gasteiger partial charge on any atom is -0.311 e. The van der Waals surface area contributed by atoms with Crippen molar-refractivity contribution in [2.45, 2.75) is 53.9 Å². The number of hydrogen-bond donors (Lipinski definition) is 0. The van der Waals surface area contributed by atoms with E-state index in [0.29, 0.717) is 5.92 Å². The zero-order valence-electron chi connectivity index (χ0n) is 32.0. The SMILES string of the molecule is C=C(/C=C\C(C)C)N(c1ccccc1)c1ccc(C)c(Cc2cc(N(c3ccccc3)c3ccccc3)ccc2/C(CC)=C(/C)Cc2ccccc2)c1. The van der Waals surface area contributed by atoms with Crippen LogP contribution in [-0.2, 0) is 12.8 Å². The number of allylic oxidation sites excluding steroid dienone is 4. The van der Waals surface area contributed by atoms with Gasteiger partial charge in [-0.2, -0.15) is 0 Å². The minimum absolute atomic E-state index is 0.432. The smallest absolute Gasteiger partial charge is 0.0464 e. The average Bonchev–Trinajstić information content (AvgIpc) is 3.18. The molecule has 2 nitrogen and oxygen atoms in total. The Morgan fingerprint density at radius 2 is 1.15 bits per heavy atom. The summed E-state index contributed by atoms with van der Waals surface area (Å²) < 4.78 is 0. The van der Waals surface area contributed by atoms with Crippen molar-refractivity contribution in [1.29, 1.82) is 0 Å². The molecule has 266 valence electrons. The molecule has 0 radical (unpaired) electrons. The summed E-state index contributed by atoms with van der Waals surface area (Å²) in [7, 11) is 0. The minimum atomic E-state index is 0.432. The van der Waals surface area contributed by atoms with E-state index in [2.05, 4.69) is 221 Å². The molecular weight excluding hydrogens is 641 g/mol. The van der Waals surface area contributed by atoms with Crippen molar-refractivity contribution < 1.29 is 0 Å². The third-order valence-electron chi connectivity index (χ3n) is 9.83. The quantitative estimate of drug-likeness (QED) is 0.105. The van der Waals surface area contributed by atoms with Gasteiger partial charge >= 0.3 is 0 Å². The van der Waals surface area contributed by atoms with Crippen LogP contribution in [0.25, 0.3) is 5.57 Å². The Bertz CT molecular complexity index is 2120. The molecule has 0 spiro atoms. The Hall–Kier alpha value is -5.86. The lowest BCUT2D eigenvalue weighted by Gasteiger charge is -2.28. The molecule has 0 N–H and O–H groups in total. The summed E-state index contributed by atoms with van der Waals surface area (Å²) in [5.41, 5.74) is 15.9. The molecule has 0 saturated carbocycles.